The first-order chi connectivity index (χ1) is 12.5. The van der Waals surface area contributed by atoms with E-state index in [0.29, 0.717) is 35.6 Å². The molecule has 0 aliphatic heterocycles. The van der Waals surface area contributed by atoms with Gasteiger partial charge in [-0.2, -0.15) is 0 Å². The Kier molecular flexibility index (Phi) is 4.99. The Balaban J connectivity index is 1.91. The topological polar surface area (TPSA) is 102 Å². The number of anilines is 1. The number of para-hydroxylation sites is 1. The first-order valence-corrected chi connectivity index (χ1v) is 8.35. The first kappa shape index (κ1) is 17.6. The molecule has 0 unspecified atom stereocenters. The molecule has 4 N–H and O–H groups in total. The predicted molar refractivity (Wildman–Crippen MR) is 100 cm³/mol. The van der Waals surface area contributed by atoms with E-state index < -0.39 is 0 Å². The molecule has 0 saturated heterocycles. The molecular formula is C19H21N5O2. The maximum atomic E-state index is 12.8. The minimum atomic E-state index is -0.316. The number of nitrogens with two attached hydrogens (primary N) is 1. The van der Waals surface area contributed by atoms with Gasteiger partial charge < -0.3 is 20.8 Å². The molecule has 1 aromatic carbocycles. The SMILES string of the molecule is Cc1cc(C)n2ccc(C(=O)Nc3ccccc3C(=O)NCCN)c2n1. The first-order valence-electron chi connectivity index (χ1n) is 8.35. The molecule has 0 aliphatic rings. The predicted octanol–water partition coefficient (Wildman–Crippen LogP) is 1.89. The number of rotatable bonds is 5. The zero-order valence-corrected chi connectivity index (χ0v) is 14.7. The van der Waals surface area contributed by atoms with Crippen LogP contribution >= 0.6 is 0 Å². The van der Waals surface area contributed by atoms with E-state index in [1.807, 2.05) is 30.5 Å². The second-order valence-electron chi connectivity index (χ2n) is 6.01. The van der Waals surface area contributed by atoms with Gasteiger partial charge in [-0.15, -0.1) is 0 Å². The minimum Gasteiger partial charge on any atom is -0.351 e. The number of fused-ring (bicyclic) bond motifs is 1. The second-order valence-corrected chi connectivity index (χ2v) is 6.01. The molecule has 0 saturated carbocycles. The summed E-state index contributed by atoms with van der Waals surface area (Å²) in [5.74, 6) is -0.595. The molecule has 0 spiro atoms. The van der Waals surface area contributed by atoms with E-state index in [0.717, 1.165) is 11.4 Å². The number of benzene rings is 1. The number of amides is 2. The molecule has 2 amide bonds. The van der Waals surface area contributed by atoms with Gasteiger partial charge in [-0.05, 0) is 38.1 Å². The highest BCUT2D eigenvalue weighted by atomic mass is 16.2. The minimum absolute atomic E-state index is 0.280. The van der Waals surface area contributed by atoms with Crippen LogP contribution in [0.3, 0.4) is 0 Å². The van der Waals surface area contributed by atoms with Crippen molar-refractivity contribution in [3.8, 4) is 0 Å². The summed E-state index contributed by atoms with van der Waals surface area (Å²) in [5.41, 5.74) is 9.12. The fourth-order valence-electron chi connectivity index (χ4n) is 2.83. The lowest BCUT2D eigenvalue weighted by atomic mass is 10.1. The third-order valence-corrected chi connectivity index (χ3v) is 4.03. The molecule has 0 atom stereocenters. The standard InChI is InChI=1S/C19H21N5O2/c1-12-11-13(2)24-10-7-15(17(24)22-12)19(26)23-16-6-4-3-5-14(16)18(25)21-9-8-20/h3-7,10-11H,8-9,20H2,1-2H3,(H,21,25)(H,23,26). The Morgan fingerprint density at radius 2 is 1.88 bits per heavy atom. The number of nitrogens with zero attached hydrogens (tertiary/aromatic N) is 2. The number of carbonyl (C=O) groups is 2. The molecule has 134 valence electrons. The van der Waals surface area contributed by atoms with E-state index in [4.69, 9.17) is 5.73 Å². The molecule has 0 radical (unpaired) electrons. The van der Waals surface area contributed by atoms with Crippen molar-refractivity contribution in [2.75, 3.05) is 18.4 Å². The van der Waals surface area contributed by atoms with Gasteiger partial charge in [0, 0.05) is 30.7 Å². The largest absolute Gasteiger partial charge is 0.351 e. The van der Waals surface area contributed by atoms with Crippen LogP contribution in [0, 0.1) is 13.8 Å². The molecular weight excluding hydrogens is 330 g/mol. The summed E-state index contributed by atoms with van der Waals surface area (Å²) in [5, 5.41) is 5.53. The third kappa shape index (κ3) is 3.43. The van der Waals surface area contributed by atoms with Crippen LogP contribution in [-0.4, -0.2) is 34.3 Å². The van der Waals surface area contributed by atoms with Crippen molar-refractivity contribution in [3.63, 3.8) is 0 Å². The average Bonchev–Trinajstić information content (AvgIpc) is 3.04. The Bertz CT molecular complexity index is 977. The molecule has 3 rings (SSSR count). The van der Waals surface area contributed by atoms with Gasteiger partial charge in [-0.25, -0.2) is 4.98 Å². The van der Waals surface area contributed by atoms with Gasteiger partial charge in [-0.1, -0.05) is 12.1 Å². The molecule has 26 heavy (non-hydrogen) atoms. The van der Waals surface area contributed by atoms with Gasteiger partial charge in [0.25, 0.3) is 11.8 Å². The summed E-state index contributed by atoms with van der Waals surface area (Å²) in [4.78, 5) is 29.5. The van der Waals surface area contributed by atoms with Crippen molar-refractivity contribution in [3.05, 3.63) is 65.1 Å². The highest BCUT2D eigenvalue weighted by Crippen LogP contribution is 2.19. The smallest absolute Gasteiger partial charge is 0.259 e. The lowest BCUT2D eigenvalue weighted by Crippen LogP contribution is -2.30. The summed E-state index contributed by atoms with van der Waals surface area (Å²) in [6.45, 7) is 4.56. The molecule has 3 aromatic rings. The monoisotopic (exact) mass is 351 g/mol. The Morgan fingerprint density at radius 3 is 2.65 bits per heavy atom. The number of hydrogen-bond acceptors (Lipinski definition) is 4. The number of nitrogens with one attached hydrogen (secondary N) is 2. The Morgan fingerprint density at radius 1 is 1.12 bits per heavy atom. The van der Waals surface area contributed by atoms with Crippen LogP contribution in [0.15, 0.2) is 42.6 Å². The van der Waals surface area contributed by atoms with Crippen molar-refractivity contribution in [2.45, 2.75) is 13.8 Å². The van der Waals surface area contributed by atoms with E-state index in [9.17, 15) is 9.59 Å². The summed E-state index contributed by atoms with van der Waals surface area (Å²) < 4.78 is 1.86. The van der Waals surface area contributed by atoms with Gasteiger partial charge in [-0.3, -0.25) is 9.59 Å². The summed E-state index contributed by atoms with van der Waals surface area (Å²) >= 11 is 0. The fraction of sp³-hybridized carbons (Fsp3) is 0.211. The Hall–Kier alpha value is -3.19. The summed E-state index contributed by atoms with van der Waals surface area (Å²) in [6.07, 6.45) is 1.81. The molecule has 2 heterocycles. The van der Waals surface area contributed by atoms with Crippen molar-refractivity contribution >= 4 is 23.1 Å². The van der Waals surface area contributed by atoms with Crippen LogP contribution in [0.2, 0.25) is 0 Å². The number of hydrogen-bond donors (Lipinski definition) is 3. The highest BCUT2D eigenvalue weighted by Gasteiger charge is 2.17. The maximum Gasteiger partial charge on any atom is 0.259 e. The highest BCUT2D eigenvalue weighted by molar-refractivity contribution is 6.11. The summed E-state index contributed by atoms with van der Waals surface area (Å²) in [7, 11) is 0. The number of aryl methyl sites for hydroxylation is 2. The van der Waals surface area contributed by atoms with Gasteiger partial charge in [0.2, 0.25) is 0 Å². The lowest BCUT2D eigenvalue weighted by molar-refractivity contribution is 0.0955. The normalized spacial score (nSPS) is 10.7. The maximum absolute atomic E-state index is 12.8. The lowest BCUT2D eigenvalue weighted by Gasteiger charge is -2.11. The van der Waals surface area contributed by atoms with Crippen molar-refractivity contribution in [2.24, 2.45) is 5.73 Å². The van der Waals surface area contributed by atoms with Crippen molar-refractivity contribution in [1.82, 2.24) is 14.7 Å². The van der Waals surface area contributed by atoms with Crippen LogP contribution in [0.4, 0.5) is 5.69 Å². The molecule has 0 fully saturated rings. The molecule has 7 heteroatoms. The Labute approximate surface area is 151 Å². The van der Waals surface area contributed by atoms with E-state index in [2.05, 4.69) is 15.6 Å². The zero-order chi connectivity index (χ0) is 18.7. The zero-order valence-electron chi connectivity index (χ0n) is 14.7. The molecule has 2 aromatic heterocycles. The van der Waals surface area contributed by atoms with Gasteiger partial charge in [0.05, 0.1) is 16.8 Å². The van der Waals surface area contributed by atoms with E-state index in [1.165, 1.54) is 0 Å². The average molecular weight is 351 g/mol. The molecule has 7 nitrogen and oxygen atoms in total. The third-order valence-electron chi connectivity index (χ3n) is 4.03. The van der Waals surface area contributed by atoms with Gasteiger partial charge in [0.1, 0.15) is 5.65 Å². The quantitative estimate of drug-likeness (QED) is 0.653. The fourth-order valence-corrected chi connectivity index (χ4v) is 2.83. The van der Waals surface area contributed by atoms with Crippen molar-refractivity contribution in [1.29, 1.82) is 0 Å². The van der Waals surface area contributed by atoms with Crippen LogP contribution < -0.4 is 16.4 Å². The summed E-state index contributed by atoms with van der Waals surface area (Å²) in [6, 6.07) is 10.5. The van der Waals surface area contributed by atoms with Gasteiger partial charge >= 0.3 is 0 Å². The van der Waals surface area contributed by atoms with Crippen LogP contribution in [0.5, 0.6) is 0 Å². The van der Waals surface area contributed by atoms with E-state index in [-0.39, 0.29) is 11.8 Å². The van der Waals surface area contributed by atoms with Crippen LogP contribution in [0.1, 0.15) is 32.1 Å². The van der Waals surface area contributed by atoms with E-state index >= 15 is 0 Å². The molecule has 0 aliphatic carbocycles. The number of carbonyl (C=O) groups excluding carboxylic acids is 2. The van der Waals surface area contributed by atoms with Crippen LogP contribution in [0.25, 0.3) is 5.65 Å². The van der Waals surface area contributed by atoms with E-state index in [1.54, 1.807) is 30.3 Å². The van der Waals surface area contributed by atoms with Crippen molar-refractivity contribution < 1.29 is 9.59 Å². The van der Waals surface area contributed by atoms with Gasteiger partial charge in [0.15, 0.2) is 0 Å². The van der Waals surface area contributed by atoms with Crippen LogP contribution in [-0.2, 0) is 0 Å². The number of aromatic nitrogens is 2. The second kappa shape index (κ2) is 7.37. The molecule has 0 bridgehead atoms.